The Labute approximate surface area is 151 Å². The molecule has 0 saturated heterocycles. The van der Waals surface area contributed by atoms with Crippen molar-refractivity contribution in [2.24, 2.45) is 0 Å². The van der Waals surface area contributed by atoms with Crippen LogP contribution in [0.25, 0.3) is 38.4 Å². The van der Waals surface area contributed by atoms with Crippen molar-refractivity contribution in [2.45, 2.75) is 6.92 Å². The first-order chi connectivity index (χ1) is 11.3. The molecular formula is C19H12IrN3O-. The van der Waals surface area contributed by atoms with Crippen LogP contribution in [0.15, 0.2) is 59.4 Å². The summed E-state index contributed by atoms with van der Waals surface area (Å²) in [6.45, 7) is 2.09. The molecule has 119 valence electrons. The number of benzene rings is 2. The molecule has 0 aliphatic rings. The summed E-state index contributed by atoms with van der Waals surface area (Å²) >= 11 is 0. The zero-order valence-corrected chi connectivity index (χ0v) is 15.2. The Morgan fingerprint density at radius 2 is 1.92 bits per heavy atom. The molecule has 3 aromatic heterocycles. The molecule has 2 aromatic carbocycles. The number of aryl methyl sites for hydroxylation is 1. The van der Waals surface area contributed by atoms with E-state index in [1.165, 1.54) is 10.8 Å². The van der Waals surface area contributed by atoms with Gasteiger partial charge in [0.2, 0.25) is 0 Å². The molecule has 1 radical (unpaired) electrons. The van der Waals surface area contributed by atoms with Gasteiger partial charge in [-0.1, -0.05) is 45.8 Å². The molecule has 0 aliphatic carbocycles. The zero-order chi connectivity index (χ0) is 15.4. The van der Waals surface area contributed by atoms with E-state index >= 15 is 0 Å². The van der Waals surface area contributed by atoms with E-state index in [2.05, 4.69) is 47.5 Å². The largest absolute Gasteiger partial charge is 0.364 e. The number of fused-ring (bicyclic) bond motifs is 6. The summed E-state index contributed by atoms with van der Waals surface area (Å²) in [5, 5.41) is 12.1. The van der Waals surface area contributed by atoms with Gasteiger partial charge >= 0.3 is 0 Å². The number of aromatic nitrogens is 3. The van der Waals surface area contributed by atoms with Gasteiger partial charge in [0.15, 0.2) is 0 Å². The third-order valence-corrected chi connectivity index (χ3v) is 4.31. The van der Waals surface area contributed by atoms with Crippen LogP contribution >= 0.6 is 0 Å². The third kappa shape index (κ3) is 1.95. The molecule has 0 unspecified atom stereocenters. The minimum atomic E-state index is 0. The Morgan fingerprint density at radius 3 is 2.71 bits per heavy atom. The van der Waals surface area contributed by atoms with Crippen molar-refractivity contribution < 1.29 is 24.6 Å². The van der Waals surface area contributed by atoms with Crippen molar-refractivity contribution in [3.63, 3.8) is 0 Å². The van der Waals surface area contributed by atoms with Gasteiger partial charge in [-0.2, -0.15) is 23.3 Å². The molecule has 0 amide bonds. The molecule has 4 nitrogen and oxygen atoms in total. The monoisotopic (exact) mass is 491 g/mol. The standard InChI is InChI=1S/C19H12N3O.Ir/c1-12-11-20-22-17-8-4-7-15(16-9-10-23-21-16)18(17)13-5-2-3-6-14(13)19(12)22;/h2-7,9-11H,1H3;/q-1;. The number of rotatable bonds is 1. The molecule has 3 heterocycles. The first kappa shape index (κ1) is 15.1. The van der Waals surface area contributed by atoms with Gasteiger partial charge < -0.3 is 4.52 Å². The Bertz CT molecular complexity index is 1180. The van der Waals surface area contributed by atoms with Crippen LogP contribution in [-0.4, -0.2) is 14.8 Å². The minimum absolute atomic E-state index is 0. The summed E-state index contributed by atoms with van der Waals surface area (Å²) in [5.41, 5.74) is 5.08. The maximum Gasteiger partial charge on any atom is 0.124 e. The number of nitrogens with zero attached hydrogens (tertiary/aromatic N) is 3. The normalized spacial score (nSPS) is 11.2. The summed E-state index contributed by atoms with van der Waals surface area (Å²) in [6.07, 6.45) is 3.49. The molecule has 5 rings (SSSR count). The van der Waals surface area contributed by atoms with Gasteiger partial charge in [0, 0.05) is 26.2 Å². The SMILES string of the molecule is Cc1cnn2c3[c-]ccc(-c4ccon4)c3c3ccccc3c12.[Ir]. The fourth-order valence-electron chi connectivity index (χ4n) is 3.33. The predicted molar refractivity (Wildman–Crippen MR) is 89.3 cm³/mol. The molecule has 5 aromatic rings. The van der Waals surface area contributed by atoms with E-state index in [1.54, 1.807) is 6.26 Å². The molecule has 0 fully saturated rings. The second kappa shape index (κ2) is 5.55. The van der Waals surface area contributed by atoms with Gasteiger partial charge in [-0.05, 0) is 23.4 Å². The van der Waals surface area contributed by atoms with Crippen molar-refractivity contribution in [1.29, 1.82) is 0 Å². The summed E-state index contributed by atoms with van der Waals surface area (Å²) in [7, 11) is 0. The first-order valence-electron chi connectivity index (χ1n) is 7.45. The van der Waals surface area contributed by atoms with Crippen LogP contribution in [0, 0.1) is 13.0 Å². The molecular weight excluding hydrogens is 478 g/mol. The van der Waals surface area contributed by atoms with Gasteiger partial charge in [0.25, 0.3) is 0 Å². The number of hydrogen-bond acceptors (Lipinski definition) is 3. The first-order valence-corrected chi connectivity index (χ1v) is 7.45. The van der Waals surface area contributed by atoms with Crippen LogP contribution in [0.4, 0.5) is 0 Å². The second-order valence-electron chi connectivity index (χ2n) is 5.63. The van der Waals surface area contributed by atoms with E-state index < -0.39 is 0 Å². The molecule has 24 heavy (non-hydrogen) atoms. The van der Waals surface area contributed by atoms with E-state index in [9.17, 15) is 0 Å². The summed E-state index contributed by atoms with van der Waals surface area (Å²) < 4.78 is 7.01. The number of hydrogen-bond donors (Lipinski definition) is 0. The van der Waals surface area contributed by atoms with Crippen LogP contribution < -0.4 is 0 Å². The minimum Gasteiger partial charge on any atom is -0.364 e. The predicted octanol–water partition coefficient (Wildman–Crippen LogP) is 4.40. The van der Waals surface area contributed by atoms with Crippen molar-refractivity contribution in [3.05, 3.63) is 66.6 Å². The fraction of sp³-hybridized carbons (Fsp3) is 0.0526. The zero-order valence-electron chi connectivity index (χ0n) is 12.8. The fourth-order valence-corrected chi connectivity index (χ4v) is 3.33. The van der Waals surface area contributed by atoms with Crippen LogP contribution in [0.3, 0.4) is 0 Å². The summed E-state index contributed by atoms with van der Waals surface area (Å²) in [6, 6.07) is 17.6. The van der Waals surface area contributed by atoms with E-state index in [0.29, 0.717) is 0 Å². The van der Waals surface area contributed by atoms with Crippen molar-refractivity contribution in [3.8, 4) is 11.3 Å². The van der Waals surface area contributed by atoms with Gasteiger partial charge in [-0.3, -0.25) is 4.52 Å². The molecule has 0 aliphatic heterocycles. The Balaban J connectivity index is 0.00000146. The van der Waals surface area contributed by atoms with E-state index in [0.717, 1.165) is 33.2 Å². The molecule has 0 bridgehead atoms. The molecule has 5 heteroatoms. The Hall–Kier alpha value is -2.49. The van der Waals surface area contributed by atoms with Crippen molar-refractivity contribution in [2.75, 3.05) is 0 Å². The second-order valence-corrected chi connectivity index (χ2v) is 5.63. The number of pyridine rings is 1. The van der Waals surface area contributed by atoms with Crippen molar-refractivity contribution in [1.82, 2.24) is 14.8 Å². The smallest absolute Gasteiger partial charge is 0.124 e. The van der Waals surface area contributed by atoms with Gasteiger partial charge in [-0.25, -0.2) is 0 Å². The topological polar surface area (TPSA) is 43.3 Å². The quantitative estimate of drug-likeness (QED) is 0.258. The van der Waals surface area contributed by atoms with Crippen LogP contribution in [0.1, 0.15) is 5.56 Å². The van der Waals surface area contributed by atoms with E-state index in [-0.39, 0.29) is 20.1 Å². The van der Waals surface area contributed by atoms with Crippen LogP contribution in [-0.2, 0) is 20.1 Å². The Kier molecular flexibility index (Phi) is 3.48. The van der Waals surface area contributed by atoms with Gasteiger partial charge in [0.1, 0.15) is 6.26 Å². The van der Waals surface area contributed by atoms with Gasteiger partial charge in [0.05, 0.1) is 17.4 Å². The average molecular weight is 491 g/mol. The molecule has 0 atom stereocenters. The van der Waals surface area contributed by atoms with Crippen LogP contribution in [0.2, 0.25) is 0 Å². The molecule has 0 saturated carbocycles. The van der Waals surface area contributed by atoms with E-state index in [4.69, 9.17) is 4.52 Å². The maximum atomic E-state index is 5.04. The Morgan fingerprint density at radius 1 is 1.08 bits per heavy atom. The third-order valence-electron chi connectivity index (χ3n) is 4.31. The summed E-state index contributed by atoms with van der Waals surface area (Å²) in [5.74, 6) is 0. The average Bonchev–Trinajstić information content (AvgIpc) is 3.25. The van der Waals surface area contributed by atoms with Crippen LogP contribution in [0.5, 0.6) is 0 Å². The molecule has 0 N–H and O–H groups in total. The summed E-state index contributed by atoms with van der Waals surface area (Å²) in [4.78, 5) is 0. The molecule has 0 spiro atoms. The van der Waals surface area contributed by atoms with Crippen molar-refractivity contribution >= 4 is 27.2 Å². The maximum absolute atomic E-state index is 5.04. The van der Waals surface area contributed by atoms with Gasteiger partial charge in [-0.15, -0.1) is 0 Å². The van der Waals surface area contributed by atoms with E-state index in [1.807, 2.05) is 28.9 Å².